The molecule has 0 saturated carbocycles. The van der Waals surface area contributed by atoms with E-state index in [0.717, 1.165) is 6.54 Å². The first-order valence-electron chi connectivity index (χ1n) is 7.58. The molecule has 5 nitrogen and oxygen atoms in total. The zero-order valence-corrected chi connectivity index (χ0v) is 17.4. The summed E-state index contributed by atoms with van der Waals surface area (Å²) in [5.41, 5.74) is 2.50. The largest absolute Gasteiger partial charge is 0.357 e. The van der Waals surface area contributed by atoms with Crippen molar-refractivity contribution in [2.45, 2.75) is 26.7 Å². The van der Waals surface area contributed by atoms with Gasteiger partial charge in [-0.25, -0.2) is 8.42 Å². The number of halogens is 1. The number of sulfone groups is 1. The summed E-state index contributed by atoms with van der Waals surface area (Å²) in [7, 11) is -2.96. The van der Waals surface area contributed by atoms with E-state index >= 15 is 0 Å². The fraction of sp³-hybridized carbons (Fsp3) is 0.562. The van der Waals surface area contributed by atoms with E-state index in [-0.39, 0.29) is 29.7 Å². The van der Waals surface area contributed by atoms with Crippen LogP contribution in [0, 0.1) is 6.92 Å². The lowest BCUT2D eigenvalue weighted by Gasteiger charge is -2.13. The first-order chi connectivity index (χ1) is 10.3. The van der Waals surface area contributed by atoms with Crippen molar-refractivity contribution >= 4 is 39.8 Å². The predicted octanol–water partition coefficient (Wildman–Crippen LogP) is 2.32. The second-order valence-electron chi connectivity index (χ2n) is 5.59. The molecule has 7 heteroatoms. The van der Waals surface area contributed by atoms with Gasteiger partial charge < -0.3 is 10.6 Å². The lowest BCUT2D eigenvalue weighted by Crippen LogP contribution is -2.39. The van der Waals surface area contributed by atoms with Crippen LogP contribution in [-0.2, 0) is 9.84 Å². The van der Waals surface area contributed by atoms with Gasteiger partial charge in [0, 0.05) is 31.8 Å². The lowest BCUT2D eigenvalue weighted by atomic mass is 10.0. The van der Waals surface area contributed by atoms with Crippen molar-refractivity contribution < 1.29 is 8.42 Å². The third kappa shape index (κ3) is 9.80. The summed E-state index contributed by atoms with van der Waals surface area (Å²) in [6.07, 6.45) is 1.23. The van der Waals surface area contributed by atoms with Crippen molar-refractivity contribution in [3.8, 4) is 0 Å². The van der Waals surface area contributed by atoms with Crippen LogP contribution in [0.5, 0.6) is 0 Å². The van der Waals surface area contributed by atoms with Crippen molar-refractivity contribution in [1.29, 1.82) is 0 Å². The Kier molecular flexibility index (Phi) is 10.5. The average Bonchev–Trinajstić information content (AvgIpc) is 2.44. The molecule has 1 unspecified atom stereocenters. The summed E-state index contributed by atoms with van der Waals surface area (Å²) in [6.45, 7) is 7.94. The van der Waals surface area contributed by atoms with Gasteiger partial charge in [0.25, 0.3) is 0 Å². The molecule has 0 saturated heterocycles. The maximum Gasteiger partial charge on any atom is 0.191 e. The van der Waals surface area contributed by atoms with Crippen LogP contribution in [0.1, 0.15) is 30.9 Å². The highest BCUT2D eigenvalue weighted by Crippen LogP contribution is 2.15. The molecule has 2 N–H and O–H groups in total. The summed E-state index contributed by atoms with van der Waals surface area (Å²) < 4.78 is 22.3. The van der Waals surface area contributed by atoms with Crippen molar-refractivity contribution in [2.75, 3.05) is 31.6 Å². The second kappa shape index (κ2) is 10.9. The van der Waals surface area contributed by atoms with Gasteiger partial charge in [-0.15, -0.1) is 24.0 Å². The Hall–Kier alpha value is -0.830. The summed E-state index contributed by atoms with van der Waals surface area (Å²) in [4.78, 5) is 4.53. The molecule has 0 fully saturated rings. The van der Waals surface area contributed by atoms with Gasteiger partial charge in [0.15, 0.2) is 5.96 Å². The number of benzene rings is 1. The second-order valence-corrected chi connectivity index (χ2v) is 7.85. The highest BCUT2D eigenvalue weighted by molar-refractivity contribution is 14.0. The predicted molar refractivity (Wildman–Crippen MR) is 109 cm³/mol. The van der Waals surface area contributed by atoms with Crippen LogP contribution >= 0.6 is 24.0 Å². The van der Waals surface area contributed by atoms with Gasteiger partial charge in [0.2, 0.25) is 0 Å². The minimum Gasteiger partial charge on any atom is -0.357 e. The molecule has 1 atom stereocenters. The smallest absolute Gasteiger partial charge is 0.191 e. The molecule has 0 aliphatic carbocycles. The van der Waals surface area contributed by atoms with Gasteiger partial charge in [0.1, 0.15) is 9.84 Å². The number of nitrogens with one attached hydrogen (secondary N) is 2. The van der Waals surface area contributed by atoms with E-state index in [1.807, 2.05) is 6.92 Å². The van der Waals surface area contributed by atoms with Gasteiger partial charge in [0.05, 0.1) is 5.75 Å². The van der Waals surface area contributed by atoms with Crippen LogP contribution < -0.4 is 10.6 Å². The number of guanidine groups is 1. The average molecular weight is 453 g/mol. The zero-order valence-electron chi connectivity index (χ0n) is 14.3. The zero-order chi connectivity index (χ0) is 16.6. The number of rotatable bonds is 7. The number of aliphatic imine (C=N–C) groups is 1. The first kappa shape index (κ1) is 22.2. The van der Waals surface area contributed by atoms with Gasteiger partial charge >= 0.3 is 0 Å². The molecule has 0 bridgehead atoms. The van der Waals surface area contributed by atoms with E-state index in [1.54, 1.807) is 0 Å². The Morgan fingerprint density at radius 3 is 2.35 bits per heavy atom. The van der Waals surface area contributed by atoms with E-state index in [1.165, 1.54) is 17.4 Å². The summed E-state index contributed by atoms with van der Waals surface area (Å²) in [6, 6.07) is 8.45. The molecule has 1 rings (SSSR count). The Bertz CT molecular complexity index is 586. The fourth-order valence-electron chi connectivity index (χ4n) is 1.93. The maximum absolute atomic E-state index is 11.1. The van der Waals surface area contributed by atoms with E-state index < -0.39 is 9.84 Å². The minimum atomic E-state index is -2.96. The van der Waals surface area contributed by atoms with Gasteiger partial charge in [-0.05, 0) is 19.4 Å². The summed E-state index contributed by atoms with van der Waals surface area (Å²) in [5.74, 6) is 1.07. The third-order valence-electron chi connectivity index (χ3n) is 3.28. The van der Waals surface area contributed by atoms with Gasteiger partial charge in [-0.2, -0.15) is 0 Å². The molecule has 1 aromatic carbocycles. The fourth-order valence-corrected chi connectivity index (χ4v) is 2.40. The van der Waals surface area contributed by atoms with Crippen molar-refractivity contribution in [3.63, 3.8) is 0 Å². The molecule has 132 valence electrons. The topological polar surface area (TPSA) is 70.6 Å². The maximum atomic E-state index is 11.1. The van der Waals surface area contributed by atoms with E-state index in [9.17, 15) is 8.42 Å². The molecule has 0 heterocycles. The van der Waals surface area contributed by atoms with Crippen molar-refractivity contribution in [1.82, 2.24) is 10.6 Å². The Morgan fingerprint density at radius 2 is 1.83 bits per heavy atom. The Labute approximate surface area is 157 Å². The number of hydrogen-bond acceptors (Lipinski definition) is 3. The van der Waals surface area contributed by atoms with E-state index in [0.29, 0.717) is 25.0 Å². The van der Waals surface area contributed by atoms with Crippen LogP contribution in [0.15, 0.2) is 29.3 Å². The molecular formula is C16H28IN3O2S. The number of aryl methyl sites for hydroxylation is 1. The highest BCUT2D eigenvalue weighted by Gasteiger charge is 2.06. The molecule has 0 aromatic heterocycles. The van der Waals surface area contributed by atoms with Crippen LogP contribution in [0.25, 0.3) is 0 Å². The molecule has 0 amide bonds. The van der Waals surface area contributed by atoms with Gasteiger partial charge in [-0.3, -0.25) is 4.99 Å². The van der Waals surface area contributed by atoms with Crippen LogP contribution in [0.2, 0.25) is 0 Å². The third-order valence-corrected chi connectivity index (χ3v) is 4.22. The lowest BCUT2D eigenvalue weighted by molar-refractivity contribution is 0.600. The molecular weight excluding hydrogens is 425 g/mol. The molecule has 0 aliphatic heterocycles. The SMILES string of the molecule is CCNC(=NCC(C)c1ccc(C)cc1)NCCS(C)(=O)=O.I. The van der Waals surface area contributed by atoms with Crippen LogP contribution in [-0.4, -0.2) is 46.0 Å². The highest BCUT2D eigenvalue weighted by atomic mass is 127. The molecule has 1 aromatic rings. The Balaban J connectivity index is 0.00000484. The number of nitrogens with zero attached hydrogens (tertiary/aromatic N) is 1. The monoisotopic (exact) mass is 453 g/mol. The number of hydrogen-bond donors (Lipinski definition) is 2. The molecule has 0 radical (unpaired) electrons. The minimum absolute atomic E-state index is 0. The van der Waals surface area contributed by atoms with Crippen LogP contribution in [0.4, 0.5) is 0 Å². The first-order valence-corrected chi connectivity index (χ1v) is 9.64. The molecule has 23 heavy (non-hydrogen) atoms. The van der Waals surface area contributed by atoms with Gasteiger partial charge in [-0.1, -0.05) is 36.8 Å². The quantitative estimate of drug-likeness (QED) is 0.378. The van der Waals surface area contributed by atoms with Crippen molar-refractivity contribution in [3.05, 3.63) is 35.4 Å². The normalized spacial score (nSPS) is 13.1. The summed E-state index contributed by atoms with van der Waals surface area (Å²) in [5, 5.41) is 6.18. The van der Waals surface area contributed by atoms with E-state index in [4.69, 9.17) is 0 Å². The van der Waals surface area contributed by atoms with Crippen molar-refractivity contribution in [2.24, 2.45) is 4.99 Å². The van der Waals surface area contributed by atoms with E-state index in [2.05, 4.69) is 53.7 Å². The summed E-state index contributed by atoms with van der Waals surface area (Å²) >= 11 is 0. The van der Waals surface area contributed by atoms with Crippen LogP contribution in [0.3, 0.4) is 0 Å². The standard InChI is InChI=1S/C16H27N3O2S.HI/c1-5-17-16(18-10-11-22(4,20)21)19-12-14(3)15-8-6-13(2)7-9-15;/h6-9,14H,5,10-12H2,1-4H3,(H2,17,18,19);1H. The Morgan fingerprint density at radius 1 is 1.22 bits per heavy atom. The molecule has 0 aliphatic rings. The molecule has 0 spiro atoms.